The van der Waals surface area contributed by atoms with Crippen LogP contribution in [0.25, 0.3) is 11.0 Å². The third-order valence-corrected chi connectivity index (χ3v) is 3.33. The molecular formula is C16H24N4O. The number of nitrogens with one attached hydrogen (secondary N) is 1. The molecule has 21 heavy (non-hydrogen) atoms. The lowest BCUT2D eigenvalue weighted by Crippen LogP contribution is -2.30. The SMILES string of the molecule is CC(C)NC(=O)CCn1c(C(C)C)nc2cc(N)ccc21. The molecular weight excluding hydrogens is 264 g/mol. The van der Waals surface area contributed by atoms with Crippen LogP contribution in [0.15, 0.2) is 18.2 Å². The third-order valence-electron chi connectivity index (χ3n) is 3.33. The van der Waals surface area contributed by atoms with Gasteiger partial charge in [0, 0.05) is 30.6 Å². The summed E-state index contributed by atoms with van der Waals surface area (Å²) in [5.74, 6) is 1.36. The van der Waals surface area contributed by atoms with Crippen LogP contribution in [0.5, 0.6) is 0 Å². The van der Waals surface area contributed by atoms with Crippen molar-refractivity contribution >= 4 is 22.6 Å². The Balaban J connectivity index is 2.28. The Morgan fingerprint density at radius 3 is 2.67 bits per heavy atom. The number of amides is 1. The number of nitrogens with zero attached hydrogens (tertiary/aromatic N) is 2. The fraction of sp³-hybridized carbons (Fsp3) is 0.500. The van der Waals surface area contributed by atoms with Crippen LogP contribution >= 0.6 is 0 Å². The number of aryl methyl sites for hydroxylation is 1. The number of nitrogens with two attached hydrogens (primary N) is 1. The number of hydrogen-bond acceptors (Lipinski definition) is 3. The van der Waals surface area contributed by atoms with Gasteiger partial charge in [-0.2, -0.15) is 0 Å². The van der Waals surface area contributed by atoms with Gasteiger partial charge in [0.15, 0.2) is 0 Å². The molecule has 0 saturated carbocycles. The van der Waals surface area contributed by atoms with E-state index < -0.39 is 0 Å². The highest BCUT2D eigenvalue weighted by molar-refractivity contribution is 5.80. The number of fused-ring (bicyclic) bond motifs is 1. The van der Waals surface area contributed by atoms with Gasteiger partial charge in [-0.25, -0.2) is 4.98 Å². The largest absolute Gasteiger partial charge is 0.399 e. The van der Waals surface area contributed by atoms with Gasteiger partial charge < -0.3 is 15.6 Å². The molecule has 5 nitrogen and oxygen atoms in total. The van der Waals surface area contributed by atoms with E-state index in [1.165, 1.54) is 0 Å². The number of anilines is 1. The normalized spacial score (nSPS) is 11.5. The molecule has 0 saturated heterocycles. The quantitative estimate of drug-likeness (QED) is 0.831. The van der Waals surface area contributed by atoms with Crippen LogP contribution in [0.1, 0.15) is 45.9 Å². The molecule has 0 aliphatic carbocycles. The van der Waals surface area contributed by atoms with E-state index in [-0.39, 0.29) is 11.9 Å². The summed E-state index contributed by atoms with van der Waals surface area (Å²) in [6, 6.07) is 5.90. The predicted octanol–water partition coefficient (Wildman–Crippen LogP) is 2.66. The Bertz CT molecular complexity index is 643. The number of carbonyl (C=O) groups excluding carboxylic acids is 1. The Hall–Kier alpha value is -2.04. The summed E-state index contributed by atoms with van der Waals surface area (Å²) in [4.78, 5) is 16.5. The van der Waals surface area contributed by atoms with Crippen LogP contribution in [-0.2, 0) is 11.3 Å². The molecule has 3 N–H and O–H groups in total. The standard InChI is InChI=1S/C16H24N4O/c1-10(2)16-19-13-9-12(17)5-6-14(13)20(16)8-7-15(21)18-11(3)4/h5-6,9-11H,7-8,17H2,1-4H3,(H,18,21). The first-order valence-electron chi connectivity index (χ1n) is 7.43. The first-order chi connectivity index (χ1) is 9.88. The maximum atomic E-state index is 11.9. The molecule has 0 aliphatic rings. The number of benzene rings is 1. The minimum atomic E-state index is 0.0667. The number of nitrogen functional groups attached to an aromatic ring is 1. The van der Waals surface area contributed by atoms with Gasteiger partial charge in [0.25, 0.3) is 0 Å². The molecule has 2 rings (SSSR count). The maximum absolute atomic E-state index is 11.9. The zero-order valence-electron chi connectivity index (χ0n) is 13.2. The van der Waals surface area contributed by atoms with Crippen LogP contribution in [0, 0.1) is 0 Å². The second kappa shape index (κ2) is 6.16. The van der Waals surface area contributed by atoms with Gasteiger partial charge in [0.1, 0.15) is 5.82 Å². The lowest BCUT2D eigenvalue weighted by atomic mass is 10.2. The number of aromatic nitrogens is 2. The van der Waals surface area contributed by atoms with Gasteiger partial charge in [0.05, 0.1) is 11.0 Å². The van der Waals surface area contributed by atoms with Gasteiger partial charge >= 0.3 is 0 Å². The van der Waals surface area contributed by atoms with Gasteiger partial charge in [-0.3, -0.25) is 4.79 Å². The number of carbonyl (C=O) groups is 1. The van der Waals surface area contributed by atoms with Crippen molar-refractivity contribution in [3.63, 3.8) is 0 Å². The molecule has 1 amide bonds. The fourth-order valence-corrected chi connectivity index (χ4v) is 2.45. The average molecular weight is 288 g/mol. The Morgan fingerprint density at radius 2 is 2.05 bits per heavy atom. The van der Waals surface area contributed by atoms with Crippen molar-refractivity contribution in [2.45, 2.75) is 52.6 Å². The molecule has 5 heteroatoms. The average Bonchev–Trinajstić information content (AvgIpc) is 2.73. The van der Waals surface area contributed by atoms with Gasteiger partial charge in [0.2, 0.25) is 5.91 Å². The van der Waals surface area contributed by atoms with Crippen LogP contribution in [0.2, 0.25) is 0 Å². The summed E-state index contributed by atoms with van der Waals surface area (Å²) < 4.78 is 2.12. The highest BCUT2D eigenvalue weighted by Gasteiger charge is 2.15. The molecule has 1 heterocycles. The van der Waals surface area contributed by atoms with Crippen molar-refractivity contribution in [3.05, 3.63) is 24.0 Å². The van der Waals surface area contributed by atoms with Gasteiger partial charge in [-0.1, -0.05) is 13.8 Å². The van der Waals surface area contributed by atoms with E-state index in [1.54, 1.807) is 0 Å². The van der Waals surface area contributed by atoms with Crippen molar-refractivity contribution in [1.29, 1.82) is 0 Å². The summed E-state index contributed by atoms with van der Waals surface area (Å²) in [6.45, 7) is 8.77. The number of imidazole rings is 1. The van der Waals surface area contributed by atoms with Crippen molar-refractivity contribution in [2.24, 2.45) is 0 Å². The van der Waals surface area contributed by atoms with E-state index in [2.05, 4.69) is 28.7 Å². The van der Waals surface area contributed by atoms with E-state index in [0.717, 1.165) is 16.9 Å². The second-order valence-corrected chi connectivity index (χ2v) is 6.00. The van der Waals surface area contributed by atoms with Gasteiger partial charge in [-0.05, 0) is 32.0 Å². The molecule has 0 fully saturated rings. The summed E-state index contributed by atoms with van der Waals surface area (Å²) in [6.07, 6.45) is 0.452. The Kier molecular flexibility index (Phi) is 4.50. The van der Waals surface area contributed by atoms with E-state index in [1.807, 2.05) is 32.0 Å². The monoisotopic (exact) mass is 288 g/mol. The molecule has 0 bridgehead atoms. The van der Waals surface area contributed by atoms with Crippen molar-refractivity contribution in [1.82, 2.24) is 14.9 Å². The molecule has 0 aliphatic heterocycles. The Morgan fingerprint density at radius 1 is 1.33 bits per heavy atom. The Labute approximate surface area is 125 Å². The predicted molar refractivity (Wildman–Crippen MR) is 86.1 cm³/mol. The van der Waals surface area contributed by atoms with Gasteiger partial charge in [-0.15, -0.1) is 0 Å². The topological polar surface area (TPSA) is 72.9 Å². The van der Waals surface area contributed by atoms with Crippen LogP contribution in [-0.4, -0.2) is 21.5 Å². The van der Waals surface area contributed by atoms with Crippen molar-refractivity contribution in [3.8, 4) is 0 Å². The van der Waals surface area contributed by atoms with E-state index in [4.69, 9.17) is 5.73 Å². The van der Waals surface area contributed by atoms with Crippen LogP contribution in [0.4, 0.5) is 5.69 Å². The molecule has 114 valence electrons. The molecule has 1 aromatic carbocycles. The van der Waals surface area contributed by atoms with E-state index >= 15 is 0 Å². The zero-order chi connectivity index (χ0) is 15.6. The summed E-state index contributed by atoms with van der Waals surface area (Å²) in [5.41, 5.74) is 8.46. The molecule has 0 radical (unpaired) electrons. The first-order valence-corrected chi connectivity index (χ1v) is 7.43. The van der Waals surface area contributed by atoms with Crippen LogP contribution in [0.3, 0.4) is 0 Å². The van der Waals surface area contributed by atoms with Crippen molar-refractivity contribution < 1.29 is 4.79 Å². The number of hydrogen-bond donors (Lipinski definition) is 2. The molecule has 1 aromatic heterocycles. The molecule has 2 aromatic rings. The van der Waals surface area contributed by atoms with Crippen molar-refractivity contribution in [2.75, 3.05) is 5.73 Å². The maximum Gasteiger partial charge on any atom is 0.221 e. The lowest BCUT2D eigenvalue weighted by molar-refractivity contribution is -0.121. The molecule has 0 unspecified atom stereocenters. The first kappa shape index (κ1) is 15.4. The summed E-state index contributed by atoms with van der Waals surface area (Å²) in [5, 5.41) is 2.92. The second-order valence-electron chi connectivity index (χ2n) is 6.00. The highest BCUT2D eigenvalue weighted by atomic mass is 16.1. The minimum absolute atomic E-state index is 0.0667. The third kappa shape index (κ3) is 3.54. The fourth-order valence-electron chi connectivity index (χ4n) is 2.45. The van der Waals surface area contributed by atoms with E-state index in [9.17, 15) is 4.79 Å². The molecule has 0 spiro atoms. The summed E-state index contributed by atoms with van der Waals surface area (Å²) >= 11 is 0. The summed E-state index contributed by atoms with van der Waals surface area (Å²) in [7, 11) is 0. The smallest absolute Gasteiger partial charge is 0.221 e. The minimum Gasteiger partial charge on any atom is -0.399 e. The lowest BCUT2D eigenvalue weighted by Gasteiger charge is -2.12. The number of rotatable bonds is 5. The zero-order valence-corrected chi connectivity index (χ0v) is 13.2. The van der Waals surface area contributed by atoms with Crippen LogP contribution < -0.4 is 11.1 Å². The van der Waals surface area contributed by atoms with E-state index in [0.29, 0.717) is 24.6 Å². The molecule has 0 atom stereocenters. The highest BCUT2D eigenvalue weighted by Crippen LogP contribution is 2.23.